The SMILES string of the molecule is CC(C)C(NS(=O)(=O)c1cncc(Br)c1)C(N)=S. The summed E-state index contributed by atoms with van der Waals surface area (Å²) in [6, 6.07) is 0.885. The maximum absolute atomic E-state index is 12.1. The molecule has 1 unspecified atom stereocenters. The molecule has 1 aromatic heterocycles. The van der Waals surface area contributed by atoms with E-state index in [0.717, 1.165) is 0 Å². The predicted octanol–water partition coefficient (Wildman–Crippen LogP) is 1.43. The maximum atomic E-state index is 12.1. The van der Waals surface area contributed by atoms with Gasteiger partial charge in [0, 0.05) is 16.9 Å². The number of halogens is 1. The number of aromatic nitrogens is 1. The van der Waals surface area contributed by atoms with Gasteiger partial charge >= 0.3 is 0 Å². The second kappa shape index (κ2) is 6.05. The standard InChI is InChI=1S/C10H14BrN3O2S2/c1-6(2)9(10(12)17)14-18(15,16)8-3-7(11)4-13-5-8/h3-6,9,14H,1-2H3,(H2,12,17). The van der Waals surface area contributed by atoms with Crippen LogP contribution in [0.4, 0.5) is 0 Å². The molecule has 0 aliphatic rings. The molecule has 0 aliphatic heterocycles. The second-order valence-corrected chi connectivity index (χ2v) is 7.19. The Morgan fingerprint density at radius 2 is 2.11 bits per heavy atom. The van der Waals surface area contributed by atoms with E-state index in [1.807, 2.05) is 13.8 Å². The lowest BCUT2D eigenvalue weighted by atomic mass is 10.1. The van der Waals surface area contributed by atoms with Crippen LogP contribution in [0.25, 0.3) is 0 Å². The first-order valence-corrected chi connectivity index (χ1v) is 7.84. The third-order valence-corrected chi connectivity index (χ3v) is 4.34. The second-order valence-electron chi connectivity index (χ2n) is 4.08. The molecule has 1 aromatic rings. The largest absolute Gasteiger partial charge is 0.392 e. The normalized spacial score (nSPS) is 13.6. The quantitative estimate of drug-likeness (QED) is 0.783. The number of pyridine rings is 1. The van der Waals surface area contributed by atoms with Gasteiger partial charge in [0.1, 0.15) is 4.90 Å². The molecule has 0 bridgehead atoms. The minimum Gasteiger partial charge on any atom is -0.392 e. The van der Waals surface area contributed by atoms with Crippen LogP contribution in [-0.2, 0) is 10.0 Å². The molecule has 100 valence electrons. The van der Waals surface area contributed by atoms with E-state index in [4.69, 9.17) is 18.0 Å². The van der Waals surface area contributed by atoms with Crippen molar-refractivity contribution in [1.82, 2.24) is 9.71 Å². The Bertz CT molecular complexity index is 546. The minimum absolute atomic E-state index is 0.0302. The summed E-state index contributed by atoms with van der Waals surface area (Å²) in [5, 5.41) is 0. The van der Waals surface area contributed by atoms with E-state index in [2.05, 4.69) is 25.6 Å². The van der Waals surface area contributed by atoms with Gasteiger partial charge in [0.05, 0.1) is 11.0 Å². The van der Waals surface area contributed by atoms with Gasteiger partial charge in [0.15, 0.2) is 0 Å². The molecule has 0 radical (unpaired) electrons. The van der Waals surface area contributed by atoms with E-state index >= 15 is 0 Å². The molecule has 0 aromatic carbocycles. The van der Waals surface area contributed by atoms with Crippen LogP contribution in [0.3, 0.4) is 0 Å². The van der Waals surface area contributed by atoms with E-state index in [0.29, 0.717) is 4.47 Å². The summed E-state index contributed by atoms with van der Waals surface area (Å²) >= 11 is 8.04. The third kappa shape index (κ3) is 3.98. The van der Waals surface area contributed by atoms with Gasteiger partial charge in [0.25, 0.3) is 0 Å². The number of thiocarbonyl (C=S) groups is 1. The summed E-state index contributed by atoms with van der Waals surface area (Å²) in [6.45, 7) is 3.68. The molecular weight excluding hydrogens is 338 g/mol. The smallest absolute Gasteiger partial charge is 0.242 e. The van der Waals surface area contributed by atoms with Crippen molar-refractivity contribution >= 4 is 43.2 Å². The molecule has 0 spiro atoms. The van der Waals surface area contributed by atoms with Crippen LogP contribution >= 0.6 is 28.1 Å². The predicted molar refractivity (Wildman–Crippen MR) is 77.7 cm³/mol. The van der Waals surface area contributed by atoms with E-state index in [1.165, 1.54) is 18.5 Å². The molecule has 3 N–H and O–H groups in total. The van der Waals surface area contributed by atoms with Gasteiger partial charge in [-0.1, -0.05) is 26.1 Å². The van der Waals surface area contributed by atoms with Crippen LogP contribution in [0.1, 0.15) is 13.8 Å². The van der Waals surface area contributed by atoms with Crippen molar-refractivity contribution < 1.29 is 8.42 Å². The van der Waals surface area contributed by atoms with E-state index in [9.17, 15) is 8.42 Å². The zero-order chi connectivity index (χ0) is 13.9. The first kappa shape index (κ1) is 15.5. The molecule has 0 amide bonds. The zero-order valence-corrected chi connectivity index (χ0v) is 13.1. The molecule has 0 aliphatic carbocycles. The zero-order valence-electron chi connectivity index (χ0n) is 9.92. The molecule has 8 heteroatoms. The monoisotopic (exact) mass is 351 g/mol. The fourth-order valence-electron chi connectivity index (χ4n) is 1.30. The first-order valence-electron chi connectivity index (χ1n) is 5.16. The van der Waals surface area contributed by atoms with Gasteiger partial charge in [0.2, 0.25) is 10.0 Å². The molecule has 1 atom stereocenters. The number of nitrogens with two attached hydrogens (primary N) is 1. The van der Waals surface area contributed by atoms with E-state index in [1.54, 1.807) is 0 Å². The average Bonchev–Trinajstić information content (AvgIpc) is 2.25. The van der Waals surface area contributed by atoms with Crippen LogP contribution in [0.15, 0.2) is 27.8 Å². The number of sulfonamides is 1. The minimum atomic E-state index is -3.68. The highest BCUT2D eigenvalue weighted by Crippen LogP contribution is 2.15. The van der Waals surface area contributed by atoms with Crippen molar-refractivity contribution in [2.75, 3.05) is 0 Å². The Labute approximate surface area is 120 Å². The van der Waals surface area contributed by atoms with Crippen LogP contribution in [0, 0.1) is 5.92 Å². The third-order valence-electron chi connectivity index (χ3n) is 2.25. The van der Waals surface area contributed by atoms with Gasteiger partial charge in [-0.2, -0.15) is 0 Å². The highest BCUT2D eigenvalue weighted by atomic mass is 79.9. The summed E-state index contributed by atoms with van der Waals surface area (Å²) in [6.07, 6.45) is 2.77. The Hall–Kier alpha value is -0.570. The molecule has 1 rings (SSSR count). The Kier molecular flexibility index (Phi) is 5.20. The summed E-state index contributed by atoms with van der Waals surface area (Å²) in [7, 11) is -3.68. The Morgan fingerprint density at radius 1 is 1.50 bits per heavy atom. The molecule has 18 heavy (non-hydrogen) atoms. The summed E-state index contributed by atoms with van der Waals surface area (Å²) in [5.41, 5.74) is 5.53. The fourth-order valence-corrected chi connectivity index (χ4v) is 3.57. The van der Waals surface area contributed by atoms with Crippen molar-refractivity contribution in [3.63, 3.8) is 0 Å². The number of hydrogen-bond acceptors (Lipinski definition) is 4. The lowest BCUT2D eigenvalue weighted by Crippen LogP contribution is -2.46. The van der Waals surface area contributed by atoms with Crippen LogP contribution < -0.4 is 10.5 Å². The van der Waals surface area contributed by atoms with Crippen LogP contribution in [-0.4, -0.2) is 24.4 Å². The Morgan fingerprint density at radius 3 is 2.56 bits per heavy atom. The van der Waals surface area contributed by atoms with Crippen molar-refractivity contribution in [3.05, 3.63) is 22.9 Å². The lowest BCUT2D eigenvalue weighted by Gasteiger charge is -2.20. The number of rotatable bonds is 5. The van der Waals surface area contributed by atoms with Crippen molar-refractivity contribution in [3.8, 4) is 0 Å². The lowest BCUT2D eigenvalue weighted by molar-refractivity contribution is 0.526. The highest BCUT2D eigenvalue weighted by Gasteiger charge is 2.24. The van der Waals surface area contributed by atoms with Gasteiger partial charge < -0.3 is 5.73 Å². The van der Waals surface area contributed by atoms with Crippen molar-refractivity contribution in [1.29, 1.82) is 0 Å². The molecule has 0 fully saturated rings. The van der Waals surface area contributed by atoms with Crippen LogP contribution in [0.2, 0.25) is 0 Å². The van der Waals surface area contributed by atoms with Crippen molar-refractivity contribution in [2.45, 2.75) is 24.8 Å². The highest BCUT2D eigenvalue weighted by molar-refractivity contribution is 9.10. The first-order chi connectivity index (χ1) is 8.24. The van der Waals surface area contributed by atoms with Gasteiger partial charge in [-0.05, 0) is 27.9 Å². The summed E-state index contributed by atoms with van der Waals surface area (Å²) < 4.78 is 27.3. The summed E-state index contributed by atoms with van der Waals surface area (Å²) in [5.74, 6) is -0.0302. The Balaban J connectivity index is 3.05. The van der Waals surface area contributed by atoms with Gasteiger partial charge in [-0.15, -0.1) is 0 Å². The van der Waals surface area contributed by atoms with Gasteiger partial charge in [-0.25, -0.2) is 13.1 Å². The van der Waals surface area contributed by atoms with Gasteiger partial charge in [-0.3, -0.25) is 4.98 Å². The maximum Gasteiger partial charge on any atom is 0.242 e. The van der Waals surface area contributed by atoms with E-state index < -0.39 is 16.1 Å². The van der Waals surface area contributed by atoms with Crippen LogP contribution in [0.5, 0.6) is 0 Å². The number of hydrogen-bond donors (Lipinski definition) is 2. The summed E-state index contributed by atoms with van der Waals surface area (Å²) in [4.78, 5) is 4.01. The van der Waals surface area contributed by atoms with Crippen molar-refractivity contribution in [2.24, 2.45) is 11.7 Å². The topological polar surface area (TPSA) is 85.1 Å². The molecule has 5 nitrogen and oxygen atoms in total. The number of nitrogens with one attached hydrogen (secondary N) is 1. The fraction of sp³-hybridized carbons (Fsp3) is 0.400. The number of nitrogens with zero attached hydrogens (tertiary/aromatic N) is 1. The molecular formula is C10H14BrN3O2S2. The molecule has 0 saturated carbocycles. The average molecular weight is 352 g/mol. The molecule has 0 saturated heterocycles. The van der Waals surface area contributed by atoms with E-state index in [-0.39, 0.29) is 15.8 Å². The molecule has 1 heterocycles.